The van der Waals surface area contributed by atoms with E-state index in [-0.39, 0.29) is 11.1 Å². The SMILES string of the molecule is O=C(c1cc(Br)cnc1Cl)N1CCC(c2ccccc2)C1. The van der Waals surface area contributed by atoms with Gasteiger partial charge in [-0.2, -0.15) is 0 Å². The summed E-state index contributed by atoms with van der Waals surface area (Å²) in [6, 6.07) is 12.0. The fraction of sp³-hybridized carbons (Fsp3) is 0.250. The van der Waals surface area contributed by atoms with E-state index >= 15 is 0 Å². The minimum atomic E-state index is -0.0489. The third-order valence-electron chi connectivity index (χ3n) is 3.78. The highest BCUT2D eigenvalue weighted by Crippen LogP contribution is 2.29. The molecule has 1 aliphatic heterocycles. The zero-order valence-electron chi connectivity index (χ0n) is 11.3. The van der Waals surface area contributed by atoms with Crippen molar-refractivity contribution < 1.29 is 4.79 Å². The van der Waals surface area contributed by atoms with Gasteiger partial charge in [-0.25, -0.2) is 4.98 Å². The van der Waals surface area contributed by atoms with E-state index in [1.54, 1.807) is 12.3 Å². The van der Waals surface area contributed by atoms with Crippen LogP contribution in [0.3, 0.4) is 0 Å². The predicted octanol–water partition coefficient (Wildman–Crippen LogP) is 4.13. The van der Waals surface area contributed by atoms with Gasteiger partial charge in [-0.05, 0) is 34.0 Å². The third-order valence-corrected chi connectivity index (χ3v) is 4.52. The Morgan fingerprint density at radius 3 is 2.86 bits per heavy atom. The van der Waals surface area contributed by atoms with Gasteiger partial charge in [0.2, 0.25) is 0 Å². The molecule has 1 atom stereocenters. The maximum Gasteiger partial charge on any atom is 0.257 e. The summed E-state index contributed by atoms with van der Waals surface area (Å²) in [5.41, 5.74) is 1.74. The Kier molecular flexibility index (Phi) is 4.27. The third kappa shape index (κ3) is 3.11. The zero-order chi connectivity index (χ0) is 14.8. The lowest BCUT2D eigenvalue weighted by atomic mass is 9.99. The number of likely N-dealkylation sites (tertiary alicyclic amines) is 1. The van der Waals surface area contributed by atoms with Crippen molar-refractivity contribution in [1.29, 1.82) is 0 Å². The molecule has 1 fully saturated rings. The van der Waals surface area contributed by atoms with E-state index in [0.29, 0.717) is 11.5 Å². The number of hydrogen-bond acceptors (Lipinski definition) is 2. The number of amides is 1. The number of hydrogen-bond donors (Lipinski definition) is 0. The second-order valence-electron chi connectivity index (χ2n) is 5.14. The van der Waals surface area contributed by atoms with Gasteiger partial charge in [-0.15, -0.1) is 0 Å². The molecule has 1 unspecified atom stereocenters. The van der Waals surface area contributed by atoms with Gasteiger partial charge >= 0.3 is 0 Å². The molecular weight excluding hydrogens is 352 g/mol. The van der Waals surface area contributed by atoms with Gasteiger partial charge in [0.25, 0.3) is 5.91 Å². The molecule has 21 heavy (non-hydrogen) atoms. The van der Waals surface area contributed by atoms with Gasteiger partial charge < -0.3 is 4.90 Å². The molecule has 0 saturated carbocycles. The lowest BCUT2D eigenvalue weighted by molar-refractivity contribution is 0.0790. The summed E-state index contributed by atoms with van der Waals surface area (Å²) in [7, 11) is 0. The highest BCUT2D eigenvalue weighted by molar-refractivity contribution is 9.10. The summed E-state index contributed by atoms with van der Waals surface area (Å²) < 4.78 is 0.758. The van der Waals surface area contributed by atoms with E-state index in [9.17, 15) is 4.79 Å². The Hall–Kier alpha value is -1.39. The number of benzene rings is 1. The van der Waals surface area contributed by atoms with Crippen LogP contribution in [0, 0.1) is 0 Å². The number of carbonyl (C=O) groups excluding carboxylic acids is 1. The van der Waals surface area contributed by atoms with E-state index < -0.39 is 0 Å². The Balaban J connectivity index is 1.77. The minimum Gasteiger partial charge on any atom is -0.338 e. The molecule has 0 N–H and O–H groups in total. The summed E-state index contributed by atoms with van der Waals surface area (Å²) in [4.78, 5) is 18.5. The summed E-state index contributed by atoms with van der Waals surface area (Å²) in [6.07, 6.45) is 2.57. The number of rotatable bonds is 2. The van der Waals surface area contributed by atoms with Crippen molar-refractivity contribution in [3.63, 3.8) is 0 Å². The van der Waals surface area contributed by atoms with E-state index in [1.165, 1.54) is 5.56 Å². The van der Waals surface area contributed by atoms with Crippen LogP contribution in [0.4, 0.5) is 0 Å². The van der Waals surface area contributed by atoms with Crippen LogP contribution in [-0.2, 0) is 0 Å². The lowest BCUT2D eigenvalue weighted by Crippen LogP contribution is -2.28. The first kappa shape index (κ1) is 14.5. The first-order chi connectivity index (χ1) is 10.1. The van der Waals surface area contributed by atoms with Crippen molar-refractivity contribution in [3.05, 3.63) is 63.3 Å². The fourth-order valence-corrected chi connectivity index (χ4v) is 3.20. The van der Waals surface area contributed by atoms with Crippen LogP contribution in [0.1, 0.15) is 28.3 Å². The van der Waals surface area contributed by atoms with Crippen molar-refractivity contribution in [2.45, 2.75) is 12.3 Å². The minimum absolute atomic E-state index is 0.0489. The van der Waals surface area contributed by atoms with Gasteiger partial charge in [0.15, 0.2) is 0 Å². The Morgan fingerprint density at radius 2 is 2.10 bits per heavy atom. The molecule has 1 aliphatic rings. The molecule has 1 aromatic carbocycles. The molecule has 1 aromatic heterocycles. The van der Waals surface area contributed by atoms with E-state index in [2.05, 4.69) is 33.0 Å². The Bertz CT molecular complexity index is 663. The van der Waals surface area contributed by atoms with Crippen LogP contribution in [0.25, 0.3) is 0 Å². The van der Waals surface area contributed by atoms with Crippen LogP contribution in [0.15, 0.2) is 47.1 Å². The molecule has 0 aliphatic carbocycles. The van der Waals surface area contributed by atoms with Crippen LogP contribution in [0.5, 0.6) is 0 Å². The van der Waals surface area contributed by atoms with Crippen molar-refractivity contribution in [1.82, 2.24) is 9.88 Å². The van der Waals surface area contributed by atoms with Crippen LogP contribution < -0.4 is 0 Å². The maximum atomic E-state index is 12.6. The summed E-state index contributed by atoms with van der Waals surface area (Å²) in [6.45, 7) is 1.48. The molecule has 2 aromatic rings. The molecule has 1 amide bonds. The zero-order valence-corrected chi connectivity index (χ0v) is 13.6. The number of aromatic nitrogens is 1. The largest absolute Gasteiger partial charge is 0.338 e. The smallest absolute Gasteiger partial charge is 0.257 e. The average molecular weight is 366 g/mol. The molecule has 3 rings (SSSR count). The molecule has 0 bridgehead atoms. The Labute approximate surface area is 137 Å². The van der Waals surface area contributed by atoms with E-state index in [0.717, 1.165) is 24.0 Å². The number of pyridine rings is 1. The van der Waals surface area contributed by atoms with Gasteiger partial charge in [0.1, 0.15) is 5.15 Å². The van der Waals surface area contributed by atoms with Crippen molar-refractivity contribution in [2.24, 2.45) is 0 Å². The Morgan fingerprint density at radius 1 is 1.33 bits per heavy atom. The second-order valence-corrected chi connectivity index (χ2v) is 6.41. The molecular formula is C16H14BrClN2O. The summed E-state index contributed by atoms with van der Waals surface area (Å²) >= 11 is 9.37. The topological polar surface area (TPSA) is 33.2 Å². The van der Waals surface area contributed by atoms with E-state index in [4.69, 9.17) is 11.6 Å². The van der Waals surface area contributed by atoms with E-state index in [1.807, 2.05) is 23.1 Å². The number of nitrogens with zero attached hydrogens (tertiary/aromatic N) is 2. The first-order valence-electron chi connectivity index (χ1n) is 6.80. The molecule has 1 saturated heterocycles. The predicted molar refractivity (Wildman–Crippen MR) is 86.7 cm³/mol. The van der Waals surface area contributed by atoms with Crippen LogP contribution >= 0.6 is 27.5 Å². The van der Waals surface area contributed by atoms with Gasteiger partial charge in [-0.3, -0.25) is 4.79 Å². The summed E-state index contributed by atoms with van der Waals surface area (Å²) in [5, 5.41) is 0.256. The number of carbonyl (C=O) groups is 1. The maximum absolute atomic E-state index is 12.6. The fourth-order valence-electron chi connectivity index (χ4n) is 2.68. The van der Waals surface area contributed by atoms with Crippen molar-refractivity contribution in [3.8, 4) is 0 Å². The van der Waals surface area contributed by atoms with Crippen molar-refractivity contribution in [2.75, 3.05) is 13.1 Å². The quantitative estimate of drug-likeness (QED) is 0.750. The highest BCUT2D eigenvalue weighted by atomic mass is 79.9. The monoisotopic (exact) mass is 364 g/mol. The first-order valence-corrected chi connectivity index (χ1v) is 7.97. The molecule has 2 heterocycles. The van der Waals surface area contributed by atoms with Crippen LogP contribution in [-0.4, -0.2) is 28.9 Å². The molecule has 108 valence electrons. The van der Waals surface area contributed by atoms with Gasteiger partial charge in [-0.1, -0.05) is 41.9 Å². The average Bonchev–Trinajstić information content (AvgIpc) is 3.00. The molecule has 3 nitrogen and oxygen atoms in total. The standard InChI is InChI=1S/C16H14BrClN2O/c17-13-8-14(15(18)19-9-13)16(21)20-7-6-12(10-20)11-4-2-1-3-5-11/h1-5,8-9,12H,6-7,10H2. The van der Waals surface area contributed by atoms with Crippen molar-refractivity contribution >= 4 is 33.4 Å². The molecule has 0 radical (unpaired) electrons. The molecule has 5 heteroatoms. The van der Waals surface area contributed by atoms with Gasteiger partial charge in [0, 0.05) is 29.7 Å². The van der Waals surface area contributed by atoms with Gasteiger partial charge in [0.05, 0.1) is 5.56 Å². The second kappa shape index (κ2) is 6.16. The summed E-state index contributed by atoms with van der Waals surface area (Å²) in [5.74, 6) is 0.348. The lowest BCUT2D eigenvalue weighted by Gasteiger charge is -2.17. The molecule has 0 spiro atoms. The highest BCUT2D eigenvalue weighted by Gasteiger charge is 2.29. The normalized spacial score (nSPS) is 18.0. The van der Waals surface area contributed by atoms with Crippen LogP contribution in [0.2, 0.25) is 5.15 Å². The number of halogens is 2.